The summed E-state index contributed by atoms with van der Waals surface area (Å²) >= 11 is 9.59. The molecule has 0 aliphatic rings. The summed E-state index contributed by atoms with van der Waals surface area (Å²) in [6.45, 7) is 4.77. The molecule has 1 aromatic carbocycles. The molecular weight excluding hydrogens is 340 g/mol. The van der Waals surface area contributed by atoms with Gasteiger partial charge in [0, 0.05) is 18.7 Å². The molecule has 3 nitrogen and oxygen atoms in total. The lowest BCUT2D eigenvalue weighted by Crippen LogP contribution is -2.22. The van der Waals surface area contributed by atoms with Crippen LogP contribution < -0.4 is 10.1 Å². The van der Waals surface area contributed by atoms with Gasteiger partial charge in [0.05, 0.1) is 15.2 Å². The lowest BCUT2D eigenvalue weighted by molar-refractivity contribution is 0.455. The number of benzene rings is 1. The zero-order valence-corrected chi connectivity index (χ0v) is 13.7. The first-order chi connectivity index (χ1) is 9.56. The first-order valence-corrected chi connectivity index (χ1v) is 7.54. The average Bonchev–Trinajstić information content (AvgIpc) is 2.42. The minimum atomic E-state index is 0.376. The van der Waals surface area contributed by atoms with E-state index in [1.807, 2.05) is 24.3 Å². The van der Waals surface area contributed by atoms with Gasteiger partial charge in [0.1, 0.15) is 5.75 Å². The van der Waals surface area contributed by atoms with E-state index in [2.05, 4.69) is 40.1 Å². The molecule has 0 spiro atoms. The second-order valence-electron chi connectivity index (χ2n) is 4.65. The van der Waals surface area contributed by atoms with Gasteiger partial charge < -0.3 is 10.1 Å². The molecule has 0 unspecified atom stereocenters. The van der Waals surface area contributed by atoms with Gasteiger partial charge in [-0.1, -0.05) is 37.6 Å². The van der Waals surface area contributed by atoms with Crippen molar-refractivity contribution in [1.82, 2.24) is 10.3 Å². The van der Waals surface area contributed by atoms with Crippen LogP contribution in [0, 0.1) is 0 Å². The maximum Gasteiger partial charge on any atom is 0.219 e. The molecule has 1 N–H and O–H groups in total. The Morgan fingerprint density at radius 3 is 2.70 bits per heavy atom. The number of nitrogens with one attached hydrogen (secondary N) is 1. The standard InChI is InChI=1S/C15H16BrClN2O/c1-10(2)18-9-13-12(17)7-8-15(19-13)20-14-6-4-3-5-11(14)16/h3-8,10,18H,9H2,1-2H3. The molecule has 0 bridgehead atoms. The Morgan fingerprint density at radius 1 is 1.25 bits per heavy atom. The number of hydrogen-bond donors (Lipinski definition) is 1. The molecule has 0 atom stereocenters. The van der Waals surface area contributed by atoms with Crippen LogP contribution in [-0.4, -0.2) is 11.0 Å². The smallest absolute Gasteiger partial charge is 0.219 e. The van der Waals surface area contributed by atoms with Gasteiger partial charge in [-0.2, -0.15) is 0 Å². The molecule has 1 heterocycles. The molecular formula is C15H16BrClN2O. The topological polar surface area (TPSA) is 34.2 Å². The Morgan fingerprint density at radius 2 is 2.00 bits per heavy atom. The van der Waals surface area contributed by atoms with Gasteiger partial charge in [0.15, 0.2) is 0 Å². The Hall–Kier alpha value is -1.10. The lowest BCUT2D eigenvalue weighted by atomic mass is 10.3. The normalized spacial score (nSPS) is 10.8. The van der Waals surface area contributed by atoms with Crippen LogP contribution >= 0.6 is 27.5 Å². The highest BCUT2D eigenvalue weighted by molar-refractivity contribution is 9.10. The molecule has 0 saturated heterocycles. The minimum absolute atomic E-state index is 0.376. The average molecular weight is 356 g/mol. The largest absolute Gasteiger partial charge is 0.438 e. The molecule has 20 heavy (non-hydrogen) atoms. The van der Waals surface area contributed by atoms with E-state index in [1.54, 1.807) is 12.1 Å². The van der Waals surface area contributed by atoms with Crippen LogP contribution in [0.4, 0.5) is 0 Å². The molecule has 2 rings (SSSR count). The molecule has 0 amide bonds. The number of rotatable bonds is 5. The summed E-state index contributed by atoms with van der Waals surface area (Å²) in [6.07, 6.45) is 0. The van der Waals surface area contributed by atoms with Crippen molar-refractivity contribution >= 4 is 27.5 Å². The van der Waals surface area contributed by atoms with Crippen molar-refractivity contribution in [2.75, 3.05) is 0 Å². The lowest BCUT2D eigenvalue weighted by Gasteiger charge is -2.11. The van der Waals surface area contributed by atoms with Gasteiger partial charge in [-0.15, -0.1) is 0 Å². The van der Waals surface area contributed by atoms with Gasteiger partial charge in [-0.25, -0.2) is 4.98 Å². The fraction of sp³-hybridized carbons (Fsp3) is 0.267. The first kappa shape index (κ1) is 15.3. The summed E-state index contributed by atoms with van der Waals surface area (Å²) in [4.78, 5) is 4.44. The van der Waals surface area contributed by atoms with E-state index in [0.717, 1.165) is 15.9 Å². The maximum atomic E-state index is 6.15. The van der Waals surface area contributed by atoms with Crippen molar-refractivity contribution in [1.29, 1.82) is 0 Å². The van der Waals surface area contributed by atoms with Crippen molar-refractivity contribution in [2.24, 2.45) is 0 Å². The number of pyridine rings is 1. The van der Waals surface area contributed by atoms with Gasteiger partial charge in [-0.3, -0.25) is 0 Å². The van der Waals surface area contributed by atoms with Crippen molar-refractivity contribution in [3.05, 3.63) is 51.6 Å². The van der Waals surface area contributed by atoms with Crippen molar-refractivity contribution in [2.45, 2.75) is 26.4 Å². The highest BCUT2D eigenvalue weighted by Crippen LogP contribution is 2.29. The number of ether oxygens (including phenoxy) is 1. The first-order valence-electron chi connectivity index (χ1n) is 6.37. The molecule has 0 fully saturated rings. The van der Waals surface area contributed by atoms with Crippen molar-refractivity contribution in [3.8, 4) is 11.6 Å². The third-order valence-corrected chi connectivity index (χ3v) is 3.62. The second kappa shape index (κ2) is 7.07. The second-order valence-corrected chi connectivity index (χ2v) is 5.91. The zero-order chi connectivity index (χ0) is 14.5. The van der Waals surface area contributed by atoms with Gasteiger partial charge in [-0.05, 0) is 34.1 Å². The van der Waals surface area contributed by atoms with Crippen molar-refractivity contribution < 1.29 is 4.74 Å². The monoisotopic (exact) mass is 354 g/mol. The van der Waals surface area contributed by atoms with E-state index in [0.29, 0.717) is 23.5 Å². The third-order valence-electron chi connectivity index (χ3n) is 2.62. The summed E-state index contributed by atoms with van der Waals surface area (Å²) in [5.74, 6) is 1.26. The van der Waals surface area contributed by atoms with Gasteiger partial charge in [0.2, 0.25) is 5.88 Å². The summed E-state index contributed by atoms with van der Waals surface area (Å²) in [5, 5.41) is 3.93. The highest BCUT2D eigenvalue weighted by Gasteiger charge is 2.08. The van der Waals surface area contributed by atoms with Crippen LogP contribution in [0.25, 0.3) is 0 Å². The Labute approximate surface area is 132 Å². The van der Waals surface area contributed by atoms with E-state index < -0.39 is 0 Å². The molecule has 0 aliphatic carbocycles. The molecule has 1 aromatic heterocycles. The Bertz CT molecular complexity index is 590. The van der Waals surface area contributed by atoms with Crippen LogP contribution in [-0.2, 0) is 6.54 Å². The number of para-hydroxylation sites is 1. The van der Waals surface area contributed by atoms with Crippen LogP contribution in [0.5, 0.6) is 11.6 Å². The molecule has 2 aromatic rings. The summed E-state index contributed by atoms with van der Waals surface area (Å²) in [7, 11) is 0. The molecule has 0 radical (unpaired) electrons. The zero-order valence-electron chi connectivity index (χ0n) is 11.4. The minimum Gasteiger partial charge on any atom is -0.438 e. The van der Waals surface area contributed by atoms with Crippen LogP contribution in [0.3, 0.4) is 0 Å². The molecule has 0 aliphatic heterocycles. The Kier molecular flexibility index (Phi) is 5.40. The summed E-state index contributed by atoms with van der Waals surface area (Å²) in [6, 6.07) is 11.6. The number of hydrogen-bond acceptors (Lipinski definition) is 3. The molecule has 0 saturated carbocycles. The number of nitrogens with zero attached hydrogens (tertiary/aromatic N) is 1. The SMILES string of the molecule is CC(C)NCc1nc(Oc2ccccc2Br)ccc1Cl. The fourth-order valence-corrected chi connectivity index (χ4v) is 2.12. The number of aromatic nitrogens is 1. The van der Waals surface area contributed by atoms with E-state index in [-0.39, 0.29) is 0 Å². The van der Waals surface area contributed by atoms with E-state index in [1.165, 1.54) is 0 Å². The fourth-order valence-electron chi connectivity index (χ4n) is 1.59. The molecule has 5 heteroatoms. The summed E-state index contributed by atoms with van der Waals surface area (Å²) < 4.78 is 6.65. The quantitative estimate of drug-likeness (QED) is 0.837. The van der Waals surface area contributed by atoms with E-state index in [9.17, 15) is 0 Å². The molecule has 106 valence electrons. The Balaban J connectivity index is 2.17. The van der Waals surface area contributed by atoms with Crippen molar-refractivity contribution in [3.63, 3.8) is 0 Å². The predicted molar refractivity (Wildman–Crippen MR) is 85.4 cm³/mol. The van der Waals surface area contributed by atoms with Crippen LogP contribution in [0.1, 0.15) is 19.5 Å². The van der Waals surface area contributed by atoms with Gasteiger partial charge in [0.25, 0.3) is 0 Å². The van der Waals surface area contributed by atoms with E-state index >= 15 is 0 Å². The predicted octanol–water partition coefficient (Wildman–Crippen LogP) is 4.79. The highest BCUT2D eigenvalue weighted by atomic mass is 79.9. The van der Waals surface area contributed by atoms with Crippen LogP contribution in [0.2, 0.25) is 5.02 Å². The van der Waals surface area contributed by atoms with E-state index in [4.69, 9.17) is 16.3 Å². The van der Waals surface area contributed by atoms with Crippen LogP contribution in [0.15, 0.2) is 40.9 Å². The summed E-state index contributed by atoms with van der Waals surface area (Å²) in [5.41, 5.74) is 0.782. The number of halogens is 2. The van der Waals surface area contributed by atoms with Gasteiger partial charge >= 0.3 is 0 Å². The maximum absolute atomic E-state index is 6.15. The third kappa shape index (κ3) is 4.20.